The highest BCUT2D eigenvalue weighted by atomic mass is 35.5. The number of nitrogens with two attached hydrogens (primary N) is 1. The van der Waals surface area contributed by atoms with Gasteiger partial charge in [-0.2, -0.15) is 0 Å². The first-order valence-corrected chi connectivity index (χ1v) is 4.91. The highest BCUT2D eigenvalue weighted by molar-refractivity contribution is 6.32. The molecule has 1 heterocycles. The van der Waals surface area contributed by atoms with Gasteiger partial charge in [-0.3, -0.25) is 4.79 Å². The lowest BCUT2D eigenvalue weighted by Gasteiger charge is -2.06. The van der Waals surface area contributed by atoms with Crippen molar-refractivity contribution in [1.82, 2.24) is 15.3 Å². The number of carboxylic acid groups (broad SMARTS) is 1. The fourth-order valence-corrected chi connectivity index (χ4v) is 1.21. The summed E-state index contributed by atoms with van der Waals surface area (Å²) in [5, 5.41) is 13.1. The average Bonchev–Trinajstić information content (AvgIpc) is 2.23. The van der Waals surface area contributed by atoms with Crippen LogP contribution in [0.4, 0.5) is 10.6 Å². The standard InChI is InChI=1S/C8H10ClN5O3/c9-6-5(7(10)15)13-3-4(14-6)11-1-2-12-8(16)17/h3,12H,1-2H2,(H2,10,15)(H,11,14)(H,16,17). The van der Waals surface area contributed by atoms with E-state index in [9.17, 15) is 9.59 Å². The molecule has 1 aromatic rings. The molecule has 17 heavy (non-hydrogen) atoms. The Labute approximate surface area is 101 Å². The molecule has 0 aliphatic carbocycles. The number of carbonyl (C=O) groups is 2. The van der Waals surface area contributed by atoms with Crippen LogP contribution >= 0.6 is 11.6 Å². The third-order valence-electron chi connectivity index (χ3n) is 1.67. The number of halogens is 1. The van der Waals surface area contributed by atoms with Crippen molar-refractivity contribution in [3.05, 3.63) is 17.0 Å². The summed E-state index contributed by atoms with van der Waals surface area (Å²) in [5.41, 5.74) is 4.89. The summed E-state index contributed by atoms with van der Waals surface area (Å²) in [4.78, 5) is 28.5. The number of anilines is 1. The molecule has 0 aliphatic heterocycles. The Morgan fingerprint density at radius 1 is 1.47 bits per heavy atom. The Morgan fingerprint density at radius 3 is 2.71 bits per heavy atom. The molecule has 0 radical (unpaired) electrons. The lowest BCUT2D eigenvalue weighted by atomic mass is 10.4. The Kier molecular flexibility index (Phi) is 4.46. The van der Waals surface area contributed by atoms with E-state index in [0.29, 0.717) is 12.4 Å². The van der Waals surface area contributed by atoms with E-state index in [2.05, 4.69) is 20.6 Å². The van der Waals surface area contributed by atoms with E-state index in [1.807, 2.05) is 0 Å². The van der Waals surface area contributed by atoms with Gasteiger partial charge in [0, 0.05) is 13.1 Å². The van der Waals surface area contributed by atoms with Gasteiger partial charge in [0.25, 0.3) is 5.91 Å². The number of carbonyl (C=O) groups excluding carboxylic acids is 1. The molecule has 0 unspecified atom stereocenters. The van der Waals surface area contributed by atoms with Gasteiger partial charge in [-0.25, -0.2) is 14.8 Å². The molecule has 9 heteroatoms. The summed E-state index contributed by atoms with van der Waals surface area (Å²) in [6.45, 7) is 0.513. The van der Waals surface area contributed by atoms with Crippen LogP contribution in [0.3, 0.4) is 0 Å². The van der Waals surface area contributed by atoms with E-state index in [4.69, 9.17) is 22.4 Å². The number of nitrogens with zero attached hydrogens (tertiary/aromatic N) is 2. The number of aromatic nitrogens is 2. The smallest absolute Gasteiger partial charge is 0.404 e. The summed E-state index contributed by atoms with van der Waals surface area (Å²) >= 11 is 5.66. The summed E-state index contributed by atoms with van der Waals surface area (Å²) in [7, 11) is 0. The minimum Gasteiger partial charge on any atom is -0.465 e. The van der Waals surface area contributed by atoms with Crippen LogP contribution in [-0.4, -0.2) is 40.2 Å². The van der Waals surface area contributed by atoms with Gasteiger partial charge in [-0.15, -0.1) is 0 Å². The van der Waals surface area contributed by atoms with Crippen molar-refractivity contribution >= 4 is 29.4 Å². The molecular weight excluding hydrogens is 250 g/mol. The maximum atomic E-state index is 10.8. The normalized spacial score (nSPS) is 9.71. The SMILES string of the molecule is NC(=O)c1ncc(NCCNC(=O)O)nc1Cl. The molecule has 1 aromatic heterocycles. The predicted molar refractivity (Wildman–Crippen MR) is 60.1 cm³/mol. The minimum atomic E-state index is -1.11. The van der Waals surface area contributed by atoms with Crippen LogP contribution in [0.2, 0.25) is 5.15 Å². The highest BCUT2D eigenvalue weighted by Crippen LogP contribution is 2.12. The summed E-state index contributed by atoms with van der Waals surface area (Å²) in [5.74, 6) is -0.436. The molecule has 0 bridgehead atoms. The van der Waals surface area contributed by atoms with Crippen LogP contribution in [0.5, 0.6) is 0 Å². The molecular formula is C8H10ClN5O3. The van der Waals surface area contributed by atoms with Crippen molar-refractivity contribution in [2.45, 2.75) is 0 Å². The largest absolute Gasteiger partial charge is 0.465 e. The van der Waals surface area contributed by atoms with Gasteiger partial charge >= 0.3 is 6.09 Å². The average molecular weight is 260 g/mol. The maximum absolute atomic E-state index is 10.8. The fraction of sp³-hybridized carbons (Fsp3) is 0.250. The topological polar surface area (TPSA) is 130 Å². The van der Waals surface area contributed by atoms with Crippen molar-refractivity contribution in [1.29, 1.82) is 0 Å². The quantitative estimate of drug-likeness (QED) is 0.547. The van der Waals surface area contributed by atoms with E-state index in [0.717, 1.165) is 0 Å². The van der Waals surface area contributed by atoms with Gasteiger partial charge < -0.3 is 21.5 Å². The minimum absolute atomic E-state index is 0.103. The maximum Gasteiger partial charge on any atom is 0.404 e. The van der Waals surface area contributed by atoms with Gasteiger partial charge in [0.2, 0.25) is 0 Å². The molecule has 0 saturated heterocycles. The van der Waals surface area contributed by atoms with E-state index in [-0.39, 0.29) is 17.4 Å². The van der Waals surface area contributed by atoms with E-state index < -0.39 is 12.0 Å². The van der Waals surface area contributed by atoms with Gasteiger partial charge in [0.05, 0.1) is 6.20 Å². The fourth-order valence-electron chi connectivity index (χ4n) is 0.977. The molecule has 0 aliphatic rings. The van der Waals surface area contributed by atoms with Crippen LogP contribution in [0.15, 0.2) is 6.20 Å². The number of primary amides is 1. The summed E-state index contributed by atoms with van der Waals surface area (Å²) in [6, 6.07) is 0. The Hall–Kier alpha value is -2.09. The molecule has 0 fully saturated rings. The van der Waals surface area contributed by atoms with Crippen LogP contribution in [0, 0.1) is 0 Å². The summed E-state index contributed by atoms with van der Waals surface area (Å²) in [6.07, 6.45) is 0.173. The van der Waals surface area contributed by atoms with Gasteiger partial charge in [-0.05, 0) is 0 Å². The first-order valence-electron chi connectivity index (χ1n) is 4.53. The van der Waals surface area contributed by atoms with E-state index in [1.165, 1.54) is 6.20 Å². The Balaban J connectivity index is 2.53. The zero-order valence-corrected chi connectivity index (χ0v) is 9.36. The predicted octanol–water partition coefficient (Wildman–Crippen LogP) is -0.0916. The van der Waals surface area contributed by atoms with Crippen LogP contribution < -0.4 is 16.4 Å². The first-order chi connectivity index (χ1) is 8.00. The van der Waals surface area contributed by atoms with Crippen molar-refractivity contribution in [2.24, 2.45) is 5.73 Å². The molecule has 8 nitrogen and oxygen atoms in total. The van der Waals surface area contributed by atoms with Gasteiger partial charge in [0.1, 0.15) is 5.82 Å². The van der Waals surface area contributed by atoms with Crippen molar-refractivity contribution < 1.29 is 14.7 Å². The van der Waals surface area contributed by atoms with Crippen LogP contribution in [-0.2, 0) is 0 Å². The molecule has 1 rings (SSSR count). The number of rotatable bonds is 5. The molecule has 0 saturated carbocycles. The second kappa shape index (κ2) is 5.85. The second-order valence-corrected chi connectivity index (χ2v) is 3.28. The third kappa shape index (κ3) is 4.11. The number of hydrogen-bond acceptors (Lipinski definition) is 5. The zero-order chi connectivity index (χ0) is 12.8. The second-order valence-electron chi connectivity index (χ2n) is 2.92. The van der Waals surface area contributed by atoms with Crippen molar-refractivity contribution in [3.8, 4) is 0 Å². The lowest BCUT2D eigenvalue weighted by molar-refractivity contribution is 0.0995. The zero-order valence-electron chi connectivity index (χ0n) is 8.61. The molecule has 0 aromatic carbocycles. The van der Waals surface area contributed by atoms with Gasteiger partial charge in [-0.1, -0.05) is 11.6 Å². The van der Waals surface area contributed by atoms with E-state index >= 15 is 0 Å². The Morgan fingerprint density at radius 2 is 2.18 bits per heavy atom. The lowest BCUT2D eigenvalue weighted by Crippen LogP contribution is -2.27. The summed E-state index contributed by atoms with van der Waals surface area (Å²) < 4.78 is 0. The van der Waals surface area contributed by atoms with Crippen LogP contribution in [0.25, 0.3) is 0 Å². The van der Waals surface area contributed by atoms with Crippen molar-refractivity contribution in [3.63, 3.8) is 0 Å². The van der Waals surface area contributed by atoms with Gasteiger partial charge in [0.15, 0.2) is 10.8 Å². The number of nitrogens with one attached hydrogen (secondary N) is 2. The molecule has 0 spiro atoms. The molecule has 5 N–H and O–H groups in total. The third-order valence-corrected chi connectivity index (χ3v) is 1.93. The highest BCUT2D eigenvalue weighted by Gasteiger charge is 2.10. The number of amides is 2. The first kappa shape index (κ1) is 13.0. The van der Waals surface area contributed by atoms with E-state index in [1.54, 1.807) is 0 Å². The molecule has 2 amide bonds. The monoisotopic (exact) mass is 259 g/mol. The Bertz CT molecular complexity index is 439. The van der Waals surface area contributed by atoms with Crippen molar-refractivity contribution in [2.75, 3.05) is 18.4 Å². The van der Waals surface area contributed by atoms with Crippen LogP contribution in [0.1, 0.15) is 10.5 Å². The molecule has 92 valence electrons. The molecule has 0 atom stereocenters. The number of hydrogen-bond donors (Lipinski definition) is 4.